The van der Waals surface area contributed by atoms with Crippen molar-refractivity contribution in [3.05, 3.63) is 29.3 Å². The van der Waals surface area contributed by atoms with Gasteiger partial charge in [0.05, 0.1) is 11.3 Å². The molecule has 1 aliphatic heterocycles. The van der Waals surface area contributed by atoms with Crippen LogP contribution in [0.1, 0.15) is 49.7 Å². The van der Waals surface area contributed by atoms with E-state index in [4.69, 9.17) is 0 Å². The van der Waals surface area contributed by atoms with Crippen LogP contribution in [0.5, 0.6) is 0 Å². The van der Waals surface area contributed by atoms with E-state index < -0.39 is 0 Å². The zero-order valence-corrected chi connectivity index (χ0v) is 11.8. The van der Waals surface area contributed by atoms with Crippen molar-refractivity contribution < 1.29 is 0 Å². The van der Waals surface area contributed by atoms with Gasteiger partial charge in [0.15, 0.2) is 0 Å². The molecular weight excluding hydrogens is 232 g/mol. The molecule has 0 unspecified atom stereocenters. The minimum absolute atomic E-state index is 0.562. The van der Waals surface area contributed by atoms with Gasteiger partial charge in [-0.1, -0.05) is 37.8 Å². The van der Waals surface area contributed by atoms with E-state index >= 15 is 0 Å². The fourth-order valence-corrected chi connectivity index (χ4v) is 3.79. The van der Waals surface area contributed by atoms with Crippen LogP contribution in [0, 0.1) is 23.7 Å². The minimum Gasteiger partial charge on any atom is -0.369 e. The van der Waals surface area contributed by atoms with Crippen molar-refractivity contribution in [2.75, 3.05) is 18.0 Å². The largest absolute Gasteiger partial charge is 0.369 e. The van der Waals surface area contributed by atoms with Crippen molar-refractivity contribution in [1.82, 2.24) is 0 Å². The van der Waals surface area contributed by atoms with E-state index in [0.29, 0.717) is 5.41 Å². The topological polar surface area (TPSA) is 27.0 Å². The van der Waals surface area contributed by atoms with Crippen molar-refractivity contribution in [2.24, 2.45) is 5.41 Å². The maximum atomic E-state index is 9.34. The summed E-state index contributed by atoms with van der Waals surface area (Å²) in [4.78, 5) is 2.41. The van der Waals surface area contributed by atoms with Crippen LogP contribution < -0.4 is 4.90 Å². The second-order valence-corrected chi connectivity index (χ2v) is 6.35. The number of nitrogens with zero attached hydrogens (tertiary/aromatic N) is 2. The molecule has 0 radical (unpaired) electrons. The summed E-state index contributed by atoms with van der Waals surface area (Å²) in [6.07, 6.45) is 8.39. The van der Waals surface area contributed by atoms with Gasteiger partial charge in [-0.3, -0.25) is 0 Å². The molecule has 1 saturated heterocycles. The molecular formula is C17H22N2. The predicted molar refractivity (Wildman–Crippen MR) is 78.2 cm³/mol. The Morgan fingerprint density at radius 2 is 1.79 bits per heavy atom. The summed E-state index contributed by atoms with van der Waals surface area (Å²) in [6.45, 7) is 4.35. The molecule has 2 heteroatoms. The van der Waals surface area contributed by atoms with E-state index in [0.717, 1.165) is 29.9 Å². The van der Waals surface area contributed by atoms with Gasteiger partial charge in [-0.2, -0.15) is 5.26 Å². The Labute approximate surface area is 116 Å². The number of anilines is 1. The fraction of sp³-hybridized carbons (Fsp3) is 0.588. The first-order valence-corrected chi connectivity index (χ1v) is 7.49. The molecule has 3 rings (SSSR count). The Morgan fingerprint density at radius 3 is 2.42 bits per heavy atom. The number of benzene rings is 1. The standard InChI is InChI=1S/C17H22N2/c1-14-7-6-8-16(15(14)11-18)19-12-17(13-19)9-4-2-3-5-10-17/h6-8H,2-5,9-10,12-13H2,1H3. The molecule has 1 aromatic carbocycles. The van der Waals surface area contributed by atoms with E-state index in [2.05, 4.69) is 23.1 Å². The third-order valence-corrected chi connectivity index (χ3v) is 4.92. The number of rotatable bonds is 1. The molecule has 1 aliphatic carbocycles. The van der Waals surface area contributed by atoms with Crippen molar-refractivity contribution in [1.29, 1.82) is 5.26 Å². The van der Waals surface area contributed by atoms with Crippen LogP contribution in [-0.2, 0) is 0 Å². The van der Waals surface area contributed by atoms with E-state index in [9.17, 15) is 5.26 Å². The molecule has 100 valence electrons. The molecule has 19 heavy (non-hydrogen) atoms. The highest BCUT2D eigenvalue weighted by atomic mass is 15.2. The normalized spacial score (nSPS) is 21.6. The summed E-state index contributed by atoms with van der Waals surface area (Å²) >= 11 is 0. The summed E-state index contributed by atoms with van der Waals surface area (Å²) < 4.78 is 0. The van der Waals surface area contributed by atoms with Crippen molar-refractivity contribution in [2.45, 2.75) is 45.4 Å². The van der Waals surface area contributed by atoms with Crippen LogP contribution in [-0.4, -0.2) is 13.1 Å². The van der Waals surface area contributed by atoms with Crippen LogP contribution in [0.2, 0.25) is 0 Å². The maximum Gasteiger partial charge on any atom is 0.102 e. The maximum absolute atomic E-state index is 9.34. The van der Waals surface area contributed by atoms with Gasteiger partial charge in [0.25, 0.3) is 0 Å². The number of nitriles is 1. The minimum atomic E-state index is 0.562. The summed E-state index contributed by atoms with van der Waals surface area (Å²) in [5.74, 6) is 0. The second kappa shape index (κ2) is 4.89. The average Bonchev–Trinajstić information content (AvgIpc) is 2.62. The zero-order chi connectivity index (χ0) is 13.3. The van der Waals surface area contributed by atoms with Crippen molar-refractivity contribution in [3.63, 3.8) is 0 Å². The van der Waals surface area contributed by atoms with Crippen LogP contribution >= 0.6 is 0 Å². The van der Waals surface area contributed by atoms with E-state index in [1.807, 2.05) is 13.0 Å². The Morgan fingerprint density at radius 1 is 1.11 bits per heavy atom. The average molecular weight is 254 g/mol. The first kappa shape index (κ1) is 12.5. The fourth-order valence-electron chi connectivity index (χ4n) is 3.79. The van der Waals surface area contributed by atoms with Gasteiger partial charge in [0.1, 0.15) is 6.07 Å². The van der Waals surface area contributed by atoms with E-state index in [1.54, 1.807) is 0 Å². The van der Waals surface area contributed by atoms with E-state index in [-0.39, 0.29) is 0 Å². The van der Waals surface area contributed by atoms with Gasteiger partial charge in [0.2, 0.25) is 0 Å². The molecule has 1 aromatic rings. The summed E-state index contributed by atoms with van der Waals surface area (Å²) in [6, 6.07) is 8.59. The Hall–Kier alpha value is -1.49. The van der Waals surface area contributed by atoms with Crippen LogP contribution in [0.15, 0.2) is 18.2 Å². The SMILES string of the molecule is Cc1cccc(N2CC3(CCCCCC3)C2)c1C#N. The van der Waals surface area contributed by atoms with E-state index in [1.165, 1.54) is 38.5 Å². The molecule has 1 saturated carbocycles. The second-order valence-electron chi connectivity index (χ2n) is 6.35. The van der Waals surface area contributed by atoms with Crippen LogP contribution in [0.4, 0.5) is 5.69 Å². The Kier molecular flexibility index (Phi) is 3.22. The molecule has 0 bridgehead atoms. The smallest absolute Gasteiger partial charge is 0.102 e. The van der Waals surface area contributed by atoms with Gasteiger partial charge >= 0.3 is 0 Å². The highest BCUT2D eigenvalue weighted by Crippen LogP contribution is 2.45. The summed E-state index contributed by atoms with van der Waals surface area (Å²) in [5, 5.41) is 9.34. The molecule has 2 nitrogen and oxygen atoms in total. The Bertz CT molecular complexity index is 496. The molecule has 0 N–H and O–H groups in total. The molecule has 2 aliphatic rings. The van der Waals surface area contributed by atoms with Crippen molar-refractivity contribution in [3.8, 4) is 6.07 Å². The quantitative estimate of drug-likeness (QED) is 0.756. The lowest BCUT2D eigenvalue weighted by atomic mass is 9.73. The number of hydrogen-bond donors (Lipinski definition) is 0. The highest BCUT2D eigenvalue weighted by Gasteiger charge is 2.43. The predicted octanol–water partition coefficient (Wildman–Crippen LogP) is 4.03. The molecule has 0 amide bonds. The van der Waals surface area contributed by atoms with Gasteiger partial charge in [-0.15, -0.1) is 0 Å². The van der Waals surface area contributed by atoms with Gasteiger partial charge in [-0.05, 0) is 31.4 Å². The molecule has 0 atom stereocenters. The lowest BCUT2D eigenvalue weighted by Gasteiger charge is -2.52. The molecule has 1 heterocycles. The zero-order valence-electron chi connectivity index (χ0n) is 11.8. The van der Waals surface area contributed by atoms with Crippen molar-refractivity contribution >= 4 is 5.69 Å². The molecule has 0 aromatic heterocycles. The monoisotopic (exact) mass is 254 g/mol. The first-order valence-electron chi connectivity index (χ1n) is 7.49. The summed E-state index contributed by atoms with van der Waals surface area (Å²) in [5.41, 5.74) is 3.68. The van der Waals surface area contributed by atoms with Crippen LogP contribution in [0.25, 0.3) is 0 Å². The Balaban J connectivity index is 1.77. The molecule has 2 fully saturated rings. The first-order chi connectivity index (χ1) is 9.24. The highest BCUT2D eigenvalue weighted by molar-refractivity contribution is 5.64. The lowest BCUT2D eigenvalue weighted by Crippen LogP contribution is -2.56. The summed E-state index contributed by atoms with van der Waals surface area (Å²) in [7, 11) is 0. The number of hydrogen-bond acceptors (Lipinski definition) is 2. The lowest BCUT2D eigenvalue weighted by molar-refractivity contribution is 0.180. The number of aryl methyl sites for hydroxylation is 1. The van der Waals surface area contributed by atoms with Gasteiger partial charge in [0, 0.05) is 18.5 Å². The van der Waals surface area contributed by atoms with Gasteiger partial charge < -0.3 is 4.90 Å². The van der Waals surface area contributed by atoms with Crippen LogP contribution in [0.3, 0.4) is 0 Å². The third kappa shape index (κ3) is 2.23. The van der Waals surface area contributed by atoms with Gasteiger partial charge in [-0.25, -0.2) is 0 Å². The third-order valence-electron chi connectivity index (χ3n) is 4.92. The molecule has 1 spiro atoms.